The minimum absolute atomic E-state index is 0.223. The Morgan fingerprint density at radius 1 is 1.27 bits per heavy atom. The van der Waals surface area contributed by atoms with E-state index in [1.807, 2.05) is 6.92 Å². The summed E-state index contributed by atoms with van der Waals surface area (Å²) in [4.78, 5) is 0. The Bertz CT molecular complexity index is 179. The van der Waals surface area contributed by atoms with E-state index in [9.17, 15) is 0 Å². The van der Waals surface area contributed by atoms with E-state index in [0.29, 0.717) is 19.1 Å². The van der Waals surface area contributed by atoms with Gasteiger partial charge in [-0.25, -0.2) is 0 Å². The SMILES string of the molecule is CCOCCO[C@H](C)[C@H](C=C(Br)Br)CC. The molecule has 0 unspecified atom stereocenters. The van der Waals surface area contributed by atoms with E-state index < -0.39 is 0 Å². The number of rotatable bonds is 8. The molecule has 0 rings (SSSR count). The fourth-order valence-electron chi connectivity index (χ4n) is 1.31. The highest BCUT2D eigenvalue weighted by Crippen LogP contribution is 2.21. The van der Waals surface area contributed by atoms with Crippen LogP contribution in [0.1, 0.15) is 27.2 Å². The molecule has 0 N–H and O–H groups in total. The van der Waals surface area contributed by atoms with Crippen molar-refractivity contribution >= 4 is 31.9 Å². The molecule has 0 saturated heterocycles. The quantitative estimate of drug-likeness (QED) is 0.618. The molecule has 0 heterocycles. The van der Waals surface area contributed by atoms with Crippen molar-refractivity contribution in [3.05, 3.63) is 9.47 Å². The second kappa shape index (κ2) is 9.82. The predicted octanol–water partition coefficient (Wildman–Crippen LogP) is 4.09. The zero-order chi connectivity index (χ0) is 11.7. The largest absolute Gasteiger partial charge is 0.379 e. The monoisotopic (exact) mass is 342 g/mol. The van der Waals surface area contributed by atoms with Gasteiger partial charge < -0.3 is 9.47 Å². The van der Waals surface area contributed by atoms with Gasteiger partial charge in [-0.3, -0.25) is 0 Å². The summed E-state index contributed by atoms with van der Waals surface area (Å²) in [6, 6.07) is 0. The van der Waals surface area contributed by atoms with Gasteiger partial charge in [0, 0.05) is 12.5 Å². The van der Waals surface area contributed by atoms with Crippen molar-refractivity contribution in [3.63, 3.8) is 0 Å². The lowest BCUT2D eigenvalue weighted by Gasteiger charge is -2.20. The average Bonchev–Trinajstić information content (AvgIpc) is 2.20. The highest BCUT2D eigenvalue weighted by atomic mass is 79.9. The predicted molar refractivity (Wildman–Crippen MR) is 71.6 cm³/mol. The van der Waals surface area contributed by atoms with Gasteiger partial charge in [0.15, 0.2) is 0 Å². The zero-order valence-corrected chi connectivity index (χ0v) is 12.8. The van der Waals surface area contributed by atoms with Gasteiger partial charge in [0.05, 0.1) is 22.7 Å². The van der Waals surface area contributed by atoms with E-state index in [0.717, 1.165) is 16.4 Å². The maximum Gasteiger partial charge on any atom is 0.0704 e. The van der Waals surface area contributed by atoms with Gasteiger partial charge in [-0.2, -0.15) is 0 Å². The molecular weight excluding hydrogens is 324 g/mol. The molecule has 15 heavy (non-hydrogen) atoms. The molecular formula is C11H20Br2O2. The third-order valence-electron chi connectivity index (χ3n) is 2.23. The maximum absolute atomic E-state index is 5.69. The van der Waals surface area contributed by atoms with Gasteiger partial charge >= 0.3 is 0 Å². The van der Waals surface area contributed by atoms with Crippen LogP contribution in [0.3, 0.4) is 0 Å². The minimum atomic E-state index is 0.223. The highest BCUT2D eigenvalue weighted by Gasteiger charge is 2.13. The summed E-state index contributed by atoms with van der Waals surface area (Å²) in [6.45, 7) is 8.34. The van der Waals surface area contributed by atoms with Gasteiger partial charge in [0.25, 0.3) is 0 Å². The van der Waals surface area contributed by atoms with Crippen LogP contribution in [0.25, 0.3) is 0 Å². The lowest BCUT2D eigenvalue weighted by molar-refractivity contribution is -0.00221. The number of halogens is 2. The normalized spacial score (nSPS) is 14.7. The first-order valence-electron chi connectivity index (χ1n) is 5.33. The fourth-order valence-corrected chi connectivity index (χ4v) is 1.99. The van der Waals surface area contributed by atoms with Crippen molar-refractivity contribution in [2.45, 2.75) is 33.3 Å². The van der Waals surface area contributed by atoms with Crippen LogP contribution in [0.2, 0.25) is 0 Å². The molecule has 0 aromatic heterocycles. The third-order valence-corrected chi connectivity index (χ3v) is 2.76. The van der Waals surface area contributed by atoms with E-state index in [1.54, 1.807) is 0 Å². The molecule has 0 aliphatic carbocycles. The molecule has 0 aliphatic rings. The van der Waals surface area contributed by atoms with Crippen LogP contribution in [0.15, 0.2) is 9.47 Å². The lowest BCUT2D eigenvalue weighted by Crippen LogP contribution is -2.21. The Kier molecular flexibility index (Phi) is 10.2. The zero-order valence-electron chi connectivity index (χ0n) is 9.63. The summed E-state index contributed by atoms with van der Waals surface area (Å²) in [5, 5.41) is 0. The molecule has 0 aromatic rings. The van der Waals surface area contributed by atoms with Gasteiger partial charge in [-0.15, -0.1) is 0 Å². The molecule has 90 valence electrons. The summed E-state index contributed by atoms with van der Waals surface area (Å²) in [7, 11) is 0. The van der Waals surface area contributed by atoms with Crippen LogP contribution < -0.4 is 0 Å². The summed E-state index contributed by atoms with van der Waals surface area (Å²) in [6.07, 6.45) is 3.42. The molecule has 0 saturated carbocycles. The smallest absolute Gasteiger partial charge is 0.0704 e. The molecule has 0 amide bonds. The van der Waals surface area contributed by atoms with Gasteiger partial charge in [0.1, 0.15) is 0 Å². The average molecular weight is 344 g/mol. The first-order chi connectivity index (χ1) is 7.11. The Balaban J connectivity index is 3.83. The van der Waals surface area contributed by atoms with E-state index in [2.05, 4.69) is 51.8 Å². The Labute approximate surface area is 110 Å². The summed E-state index contributed by atoms with van der Waals surface area (Å²) in [5.74, 6) is 0.431. The first kappa shape index (κ1) is 15.6. The molecule has 2 atom stereocenters. The van der Waals surface area contributed by atoms with Crippen molar-refractivity contribution in [1.82, 2.24) is 0 Å². The molecule has 4 heteroatoms. The van der Waals surface area contributed by atoms with Crippen LogP contribution in [-0.2, 0) is 9.47 Å². The highest BCUT2D eigenvalue weighted by molar-refractivity contribution is 9.28. The molecule has 0 radical (unpaired) electrons. The van der Waals surface area contributed by atoms with Crippen LogP contribution in [-0.4, -0.2) is 25.9 Å². The van der Waals surface area contributed by atoms with E-state index in [-0.39, 0.29) is 6.10 Å². The van der Waals surface area contributed by atoms with Crippen LogP contribution >= 0.6 is 31.9 Å². The second-order valence-corrected chi connectivity index (χ2v) is 6.07. The summed E-state index contributed by atoms with van der Waals surface area (Å²) in [5.41, 5.74) is 0. The van der Waals surface area contributed by atoms with E-state index in [4.69, 9.17) is 9.47 Å². The number of hydrogen-bond acceptors (Lipinski definition) is 2. The van der Waals surface area contributed by atoms with E-state index >= 15 is 0 Å². The molecule has 0 aromatic carbocycles. The van der Waals surface area contributed by atoms with Gasteiger partial charge in [0.2, 0.25) is 0 Å². The standard InChI is InChI=1S/C11H20Br2O2/c1-4-10(8-11(12)13)9(3)15-7-6-14-5-2/h8-10H,4-7H2,1-3H3/t9-,10+/m1/s1. The van der Waals surface area contributed by atoms with Crippen LogP contribution in [0.4, 0.5) is 0 Å². The van der Waals surface area contributed by atoms with Crippen molar-refractivity contribution in [3.8, 4) is 0 Å². The second-order valence-electron chi connectivity index (χ2n) is 3.30. The third kappa shape index (κ3) is 8.43. The Morgan fingerprint density at radius 3 is 2.40 bits per heavy atom. The maximum atomic E-state index is 5.69. The van der Waals surface area contributed by atoms with Gasteiger partial charge in [-0.05, 0) is 52.1 Å². The number of hydrogen-bond donors (Lipinski definition) is 0. The van der Waals surface area contributed by atoms with Crippen molar-refractivity contribution in [2.75, 3.05) is 19.8 Å². The van der Waals surface area contributed by atoms with Crippen molar-refractivity contribution in [1.29, 1.82) is 0 Å². The van der Waals surface area contributed by atoms with Crippen molar-refractivity contribution in [2.24, 2.45) is 5.92 Å². The number of ether oxygens (including phenoxy) is 2. The van der Waals surface area contributed by atoms with Gasteiger partial charge in [-0.1, -0.05) is 13.0 Å². The molecule has 0 bridgehead atoms. The van der Waals surface area contributed by atoms with Crippen LogP contribution in [0, 0.1) is 5.92 Å². The molecule has 2 nitrogen and oxygen atoms in total. The topological polar surface area (TPSA) is 18.5 Å². The molecule has 0 fully saturated rings. The van der Waals surface area contributed by atoms with Crippen LogP contribution in [0.5, 0.6) is 0 Å². The Morgan fingerprint density at radius 2 is 1.93 bits per heavy atom. The Hall–Kier alpha value is 0.620. The molecule has 0 aliphatic heterocycles. The summed E-state index contributed by atoms with van der Waals surface area (Å²) >= 11 is 6.75. The van der Waals surface area contributed by atoms with E-state index in [1.165, 1.54) is 0 Å². The lowest BCUT2D eigenvalue weighted by atomic mass is 10.0. The fraction of sp³-hybridized carbons (Fsp3) is 0.818. The summed E-state index contributed by atoms with van der Waals surface area (Å²) < 4.78 is 11.9. The molecule has 0 spiro atoms. The minimum Gasteiger partial charge on any atom is -0.379 e. The van der Waals surface area contributed by atoms with Crippen molar-refractivity contribution < 1.29 is 9.47 Å². The first-order valence-corrected chi connectivity index (χ1v) is 6.92.